The van der Waals surface area contributed by atoms with Gasteiger partial charge in [-0.15, -0.1) is 0 Å². The Hall–Kier alpha value is -5.06. The third-order valence-corrected chi connectivity index (χ3v) is 11.2. The number of aromatic hydroxyl groups is 4. The fourth-order valence-electron chi connectivity index (χ4n) is 6.66. The zero-order valence-electron chi connectivity index (χ0n) is 28.4. The predicted octanol–water partition coefficient (Wildman–Crippen LogP) is 5.59. The first-order valence-electron chi connectivity index (χ1n) is 16.1. The molecule has 6 rings (SSSR count). The van der Waals surface area contributed by atoms with Gasteiger partial charge in [-0.3, -0.25) is 13.9 Å². The van der Waals surface area contributed by atoms with Crippen LogP contribution in [0.15, 0.2) is 82.6 Å². The Morgan fingerprint density at radius 1 is 0.585 bits per heavy atom. The minimum Gasteiger partial charge on any atom is -0.507 e. The van der Waals surface area contributed by atoms with Crippen LogP contribution in [0.25, 0.3) is 11.1 Å². The van der Waals surface area contributed by atoms with E-state index in [1.54, 1.807) is 61.7 Å². The van der Waals surface area contributed by atoms with Crippen LogP contribution >= 0.6 is 11.9 Å². The van der Waals surface area contributed by atoms with Crippen LogP contribution in [0, 0.1) is 6.92 Å². The van der Waals surface area contributed by atoms with Crippen LogP contribution in [0.3, 0.4) is 0 Å². The summed E-state index contributed by atoms with van der Waals surface area (Å²) < 4.78 is 72.6. The maximum absolute atomic E-state index is 12.4. The fraction of sp³-hybridized carbons (Fsp3) is 0.184. The normalized spacial score (nSPS) is 13.1. The molecule has 0 heterocycles. The minimum absolute atomic E-state index is 0.0293. The van der Waals surface area contributed by atoms with Crippen LogP contribution in [0.4, 0.5) is 0 Å². The highest BCUT2D eigenvalue weighted by molar-refractivity contribution is 7.97. The lowest BCUT2D eigenvalue weighted by Crippen LogP contribution is -2.17. The van der Waals surface area contributed by atoms with Gasteiger partial charge >= 0.3 is 0 Å². The van der Waals surface area contributed by atoms with E-state index >= 15 is 0 Å². The van der Waals surface area contributed by atoms with Gasteiger partial charge in [0.05, 0.1) is 16.2 Å². The zero-order chi connectivity index (χ0) is 38.4. The summed E-state index contributed by atoms with van der Waals surface area (Å²) in [6.45, 7) is 1.73. The molecular weight excluding hydrogens is 743 g/mol. The number of hydrogen-bond acceptors (Lipinski definition) is 10. The summed E-state index contributed by atoms with van der Waals surface area (Å²) in [5.74, 6) is -1.41. The first kappa shape index (κ1) is 37.7. The van der Waals surface area contributed by atoms with Gasteiger partial charge in [0, 0.05) is 54.2 Å². The van der Waals surface area contributed by atoms with Crippen molar-refractivity contribution in [2.45, 2.75) is 48.8 Å². The number of carbonyl (C=O) groups is 1. The molecule has 7 N–H and O–H groups in total. The maximum Gasteiger partial charge on any atom is 0.294 e. The highest BCUT2D eigenvalue weighted by Gasteiger charge is 2.25. The smallest absolute Gasteiger partial charge is 0.294 e. The number of hydrogen-bond donors (Lipinski definition) is 7. The maximum atomic E-state index is 12.4. The predicted molar refractivity (Wildman–Crippen MR) is 199 cm³/mol. The van der Waals surface area contributed by atoms with Crippen molar-refractivity contribution < 1.29 is 51.2 Å². The largest absolute Gasteiger partial charge is 0.507 e. The van der Waals surface area contributed by atoms with E-state index in [-0.39, 0.29) is 106 Å². The number of benzene rings is 5. The lowest BCUT2D eigenvalue weighted by Gasteiger charge is -2.19. The van der Waals surface area contributed by atoms with Gasteiger partial charge in [-0.25, -0.2) is 0 Å². The second-order valence-corrected chi connectivity index (χ2v) is 16.5. The zero-order valence-corrected chi connectivity index (χ0v) is 30.9. The molecular formula is C38H35NO11S3. The Kier molecular flexibility index (Phi) is 10.2. The summed E-state index contributed by atoms with van der Waals surface area (Å²) in [7, 11) is -9.57. The molecule has 1 aliphatic carbocycles. The van der Waals surface area contributed by atoms with Crippen molar-refractivity contribution in [1.29, 1.82) is 0 Å². The Morgan fingerprint density at radius 2 is 0.925 bits per heavy atom. The van der Waals surface area contributed by atoms with Gasteiger partial charge in [0.2, 0.25) is 5.91 Å². The first-order chi connectivity index (χ1) is 24.9. The number of phenolic OH excluding ortho intramolecular Hbond substituents is 4. The summed E-state index contributed by atoms with van der Waals surface area (Å²) >= 11 is 1.18. The average Bonchev–Trinajstić information content (AvgIpc) is 3.07. The second-order valence-electron chi connectivity index (χ2n) is 13.0. The summed E-state index contributed by atoms with van der Waals surface area (Å²) in [5.41, 5.74) is 3.63. The minimum atomic E-state index is -4.78. The third kappa shape index (κ3) is 8.14. The molecule has 12 nitrogen and oxygen atoms in total. The molecule has 0 aliphatic heterocycles. The van der Waals surface area contributed by atoms with Crippen molar-refractivity contribution in [1.82, 2.24) is 4.72 Å². The number of nitrogens with one attached hydrogen (secondary N) is 1. The second kappa shape index (κ2) is 14.4. The van der Waals surface area contributed by atoms with Crippen molar-refractivity contribution >= 4 is 38.1 Å². The van der Waals surface area contributed by atoms with Crippen molar-refractivity contribution in [3.05, 3.63) is 128 Å². The van der Waals surface area contributed by atoms with Gasteiger partial charge < -0.3 is 25.1 Å². The molecule has 8 bridgehead atoms. The lowest BCUT2D eigenvalue weighted by molar-refractivity contribution is -0.118. The number of phenols is 4. The van der Waals surface area contributed by atoms with E-state index in [1.165, 1.54) is 11.9 Å². The molecule has 1 amide bonds. The lowest BCUT2D eigenvalue weighted by atomic mass is 9.89. The number of carbonyl (C=O) groups excluding carboxylic acids is 1. The van der Waals surface area contributed by atoms with Crippen molar-refractivity contribution in [3.63, 3.8) is 0 Å². The SMILES string of the molecule is CSNC(=O)Cc1ccc(-c2cc3c(O)c(c2)Cc2cc(S(=O)(=O)O)cc(c2O)Cc2cc(C)cc(c2O)Cc2cc(S(=O)(=O)O)cc(c2O)C3)cc1. The number of rotatable bonds is 6. The van der Waals surface area contributed by atoms with E-state index in [9.17, 15) is 51.2 Å². The average molecular weight is 778 g/mol. The molecule has 0 fully saturated rings. The molecule has 0 atom stereocenters. The number of aryl methyl sites for hydroxylation is 1. The topological polar surface area (TPSA) is 219 Å². The molecule has 0 saturated carbocycles. The third-order valence-electron chi connectivity index (χ3n) is 9.15. The summed E-state index contributed by atoms with van der Waals surface area (Å²) in [4.78, 5) is 11.1. The van der Waals surface area contributed by atoms with Gasteiger partial charge in [-0.05, 0) is 82.3 Å². The van der Waals surface area contributed by atoms with Crippen LogP contribution in [0.1, 0.15) is 55.6 Å². The van der Waals surface area contributed by atoms with Gasteiger partial charge in [0.1, 0.15) is 23.0 Å². The van der Waals surface area contributed by atoms with Gasteiger partial charge in [-0.2, -0.15) is 16.8 Å². The molecule has 53 heavy (non-hydrogen) atoms. The van der Waals surface area contributed by atoms with Crippen LogP contribution in [0.2, 0.25) is 0 Å². The summed E-state index contributed by atoms with van der Waals surface area (Å²) in [6, 6.07) is 17.9. The Balaban J connectivity index is 1.61. The van der Waals surface area contributed by atoms with Gasteiger partial charge in [0.15, 0.2) is 0 Å². The monoisotopic (exact) mass is 777 g/mol. The van der Waals surface area contributed by atoms with E-state index < -0.39 is 30.0 Å². The molecule has 0 aromatic heterocycles. The number of fused-ring (bicyclic) bond motifs is 8. The molecule has 5 aromatic carbocycles. The van der Waals surface area contributed by atoms with Crippen LogP contribution in [0.5, 0.6) is 23.0 Å². The number of amides is 1. The van der Waals surface area contributed by atoms with Gasteiger partial charge in [0.25, 0.3) is 20.2 Å². The molecule has 0 spiro atoms. The molecule has 0 saturated heterocycles. The molecule has 276 valence electrons. The van der Waals surface area contributed by atoms with Crippen molar-refractivity contribution in [3.8, 4) is 34.1 Å². The summed E-state index contributed by atoms with van der Waals surface area (Å²) in [6.07, 6.45) is 0.946. The van der Waals surface area contributed by atoms with Gasteiger partial charge in [-0.1, -0.05) is 53.9 Å². The van der Waals surface area contributed by atoms with E-state index in [0.717, 1.165) is 29.8 Å². The molecule has 1 aliphatic rings. The van der Waals surface area contributed by atoms with E-state index in [0.29, 0.717) is 16.7 Å². The summed E-state index contributed by atoms with van der Waals surface area (Å²) in [5, 5.41) is 46.2. The van der Waals surface area contributed by atoms with Crippen LogP contribution in [-0.2, 0) is 57.1 Å². The van der Waals surface area contributed by atoms with Crippen molar-refractivity contribution in [2.24, 2.45) is 0 Å². The standard InChI is InChI=1S/C38H35NO11S3/c1-20-7-24-12-28-16-32(52(45,46)47)18-30(37(28)43)14-26-10-23(22-5-3-21(4-6-22)9-34(40)39-51-2)11-27(36(26)42)15-31-19-33(53(48,49)50)17-29(38(31)44)13-25(8-20)35(24)41/h3-8,10-11,16-19,41-44H,9,12-15H2,1-2H3,(H,39,40)(H,45,46,47)(H,48,49,50). The Labute approximate surface area is 310 Å². The van der Waals surface area contributed by atoms with E-state index in [1.807, 2.05) is 0 Å². The molecule has 0 radical (unpaired) electrons. The molecule has 15 heteroatoms. The van der Waals surface area contributed by atoms with E-state index in [2.05, 4.69) is 4.72 Å². The van der Waals surface area contributed by atoms with Crippen LogP contribution < -0.4 is 4.72 Å². The first-order valence-corrected chi connectivity index (χ1v) is 20.2. The molecule has 5 aromatic rings. The highest BCUT2D eigenvalue weighted by atomic mass is 32.2. The van der Waals surface area contributed by atoms with Crippen molar-refractivity contribution in [2.75, 3.05) is 6.26 Å². The van der Waals surface area contributed by atoms with Crippen LogP contribution in [-0.4, -0.2) is 58.5 Å². The highest BCUT2D eigenvalue weighted by Crippen LogP contribution is 2.41. The fourth-order valence-corrected chi connectivity index (χ4v) is 8.13. The van der Waals surface area contributed by atoms with E-state index in [4.69, 9.17) is 0 Å². The Bertz CT molecular complexity index is 2380. The quantitative estimate of drug-likeness (QED) is 0.0813. The Morgan fingerprint density at radius 3 is 1.26 bits per heavy atom. The molecule has 0 unspecified atom stereocenters.